The van der Waals surface area contributed by atoms with E-state index < -0.39 is 0 Å². The van der Waals surface area contributed by atoms with Gasteiger partial charge in [-0.3, -0.25) is 4.79 Å². The number of rotatable bonds is 8. The summed E-state index contributed by atoms with van der Waals surface area (Å²) < 4.78 is 26.1. The van der Waals surface area contributed by atoms with Gasteiger partial charge in [0, 0.05) is 32.7 Å². The molecule has 7 rings (SSSR count). The highest BCUT2D eigenvalue weighted by Crippen LogP contribution is 2.39. The molecule has 0 saturated heterocycles. The number of carbonyl (C=O) groups is 1. The third-order valence-corrected chi connectivity index (χ3v) is 8.20. The van der Waals surface area contributed by atoms with Crippen molar-refractivity contribution in [3.63, 3.8) is 0 Å². The molecule has 0 atom stereocenters. The van der Waals surface area contributed by atoms with E-state index in [-0.39, 0.29) is 5.78 Å². The molecule has 45 heavy (non-hydrogen) atoms. The predicted molar refractivity (Wildman–Crippen MR) is 179 cm³/mol. The number of aromatic nitrogens is 2. The van der Waals surface area contributed by atoms with Crippen molar-refractivity contribution in [3.8, 4) is 34.2 Å². The van der Waals surface area contributed by atoms with Gasteiger partial charge < -0.3 is 18.6 Å². The first kappa shape index (κ1) is 28.4. The lowest BCUT2D eigenvalue weighted by Gasteiger charge is -2.11. The Kier molecular flexibility index (Phi) is 7.57. The smallest absolute Gasteiger partial charge is 0.197 e. The second-order valence-electron chi connectivity index (χ2n) is 10.4. The first-order chi connectivity index (χ1) is 22.0. The maximum absolute atomic E-state index is 14.0. The fourth-order valence-corrected chi connectivity index (χ4v) is 5.73. The molecule has 0 aliphatic carbocycles. The maximum Gasteiger partial charge on any atom is 0.197 e. The van der Waals surface area contributed by atoms with E-state index in [2.05, 4.69) is 15.9 Å². The number of para-hydroxylation sites is 1. The van der Waals surface area contributed by atoms with Gasteiger partial charge in [0.05, 0.1) is 31.0 Å². The molecule has 0 radical (unpaired) electrons. The first-order valence-corrected chi connectivity index (χ1v) is 15.1. The van der Waals surface area contributed by atoms with E-state index in [1.54, 1.807) is 26.4 Å². The van der Waals surface area contributed by atoms with Crippen LogP contribution in [0.25, 0.3) is 46.1 Å². The Morgan fingerprint density at radius 2 is 1.73 bits per heavy atom. The molecule has 0 spiro atoms. The van der Waals surface area contributed by atoms with Gasteiger partial charge >= 0.3 is 0 Å². The molecule has 8 heteroatoms. The molecule has 0 bridgehead atoms. The Morgan fingerprint density at radius 1 is 0.933 bits per heavy atom. The van der Waals surface area contributed by atoms with E-state index >= 15 is 0 Å². The summed E-state index contributed by atoms with van der Waals surface area (Å²) in [5.41, 5.74) is 5.74. The van der Waals surface area contributed by atoms with Gasteiger partial charge in [0.15, 0.2) is 17.3 Å². The van der Waals surface area contributed by atoms with E-state index in [0.29, 0.717) is 40.6 Å². The molecule has 1 aliphatic heterocycles. The number of ketones is 1. The zero-order valence-electron chi connectivity index (χ0n) is 24.5. The highest BCUT2D eigenvalue weighted by Gasteiger charge is 2.24. The van der Waals surface area contributed by atoms with Crippen LogP contribution in [0.5, 0.6) is 17.2 Å². The van der Waals surface area contributed by atoms with Crippen LogP contribution < -0.4 is 14.2 Å². The Bertz CT molecular complexity index is 2110. The predicted octanol–water partition coefficient (Wildman–Crippen LogP) is 8.87. The first-order valence-electron chi connectivity index (χ1n) is 14.3. The number of halogens is 1. The zero-order valence-corrected chi connectivity index (χ0v) is 26.1. The number of furan rings is 1. The average Bonchev–Trinajstić information content (AvgIpc) is 3.69. The Labute approximate surface area is 268 Å². The largest absolute Gasteiger partial charge is 0.493 e. The van der Waals surface area contributed by atoms with Gasteiger partial charge in [-0.05, 0) is 91.0 Å². The minimum atomic E-state index is -0.137. The molecule has 4 aromatic carbocycles. The number of hydrogen-bond donors (Lipinski definition) is 0. The van der Waals surface area contributed by atoms with Gasteiger partial charge in [-0.25, -0.2) is 4.68 Å². The van der Waals surface area contributed by atoms with E-state index in [0.717, 1.165) is 43.7 Å². The van der Waals surface area contributed by atoms with E-state index in [1.165, 1.54) is 0 Å². The third-order valence-electron chi connectivity index (χ3n) is 7.67. The van der Waals surface area contributed by atoms with Gasteiger partial charge in [-0.2, -0.15) is 5.10 Å². The Hall–Kier alpha value is -5.34. The molecule has 3 heterocycles. The van der Waals surface area contributed by atoms with Crippen molar-refractivity contribution in [2.75, 3.05) is 20.8 Å². The number of benzene rings is 4. The summed E-state index contributed by atoms with van der Waals surface area (Å²) in [6.07, 6.45) is 9.62. The zero-order chi connectivity index (χ0) is 30.9. The molecule has 2 aromatic heterocycles. The van der Waals surface area contributed by atoms with E-state index in [1.807, 2.05) is 108 Å². The summed E-state index contributed by atoms with van der Waals surface area (Å²) in [6.45, 7) is 0.487. The van der Waals surface area contributed by atoms with Crippen LogP contribution in [0.2, 0.25) is 0 Å². The monoisotopic (exact) mass is 658 g/mol. The number of nitrogens with zero attached hydrogens (tertiary/aromatic N) is 2. The SMILES string of the molecule is COc1ccc(-c2nn(-c3ccccc3)cc2/C=C/c2oc3c4c(ccc3c2C(=O)c2ccc(Br)cc2)OCC=C4)cc1OC. The van der Waals surface area contributed by atoms with Gasteiger partial charge in [-0.15, -0.1) is 0 Å². The molecule has 0 amide bonds. The van der Waals surface area contributed by atoms with Crippen molar-refractivity contribution in [3.05, 3.63) is 130 Å². The van der Waals surface area contributed by atoms with Gasteiger partial charge in [0.2, 0.25) is 0 Å². The summed E-state index contributed by atoms with van der Waals surface area (Å²) >= 11 is 3.47. The van der Waals surface area contributed by atoms with Crippen molar-refractivity contribution in [2.45, 2.75) is 0 Å². The summed E-state index contributed by atoms with van der Waals surface area (Å²) in [6, 6.07) is 26.7. The highest BCUT2D eigenvalue weighted by molar-refractivity contribution is 9.10. The van der Waals surface area contributed by atoms with Crippen molar-refractivity contribution < 1.29 is 23.4 Å². The lowest BCUT2D eigenvalue weighted by atomic mass is 9.98. The average molecular weight is 660 g/mol. The summed E-state index contributed by atoms with van der Waals surface area (Å²) in [4.78, 5) is 14.0. The summed E-state index contributed by atoms with van der Waals surface area (Å²) in [5.74, 6) is 2.24. The molecule has 222 valence electrons. The molecule has 0 N–H and O–H groups in total. The van der Waals surface area contributed by atoms with Crippen LogP contribution in [0, 0.1) is 0 Å². The van der Waals surface area contributed by atoms with Gasteiger partial charge in [0.1, 0.15) is 29.4 Å². The second kappa shape index (κ2) is 12.0. The number of carbonyl (C=O) groups excluding carboxylic acids is 1. The molecular weight excluding hydrogens is 632 g/mol. The van der Waals surface area contributed by atoms with Crippen LogP contribution in [0.3, 0.4) is 0 Å². The minimum absolute atomic E-state index is 0.137. The molecule has 0 unspecified atom stereocenters. The van der Waals surface area contributed by atoms with Crippen LogP contribution >= 0.6 is 15.9 Å². The van der Waals surface area contributed by atoms with Crippen molar-refractivity contribution in [1.29, 1.82) is 0 Å². The standard InChI is InChI=1S/C37H27BrN2O5/c1-42-31-17-12-24(21-33(31)43-2)35-25(22-40(39-35)27-7-4-3-5-8-27)13-18-32-34(36(41)23-10-14-26(38)15-11-23)29-16-19-30-28(37(29)45-32)9-6-20-44-30/h3-19,21-22H,20H2,1-2H3/b18-13+. The lowest BCUT2D eigenvalue weighted by Crippen LogP contribution is -2.03. The third kappa shape index (κ3) is 5.34. The van der Waals surface area contributed by atoms with Crippen LogP contribution in [0.1, 0.15) is 32.8 Å². The normalized spacial score (nSPS) is 12.3. The fraction of sp³-hybridized carbons (Fsp3) is 0.0811. The van der Waals surface area contributed by atoms with Gasteiger partial charge in [0.25, 0.3) is 0 Å². The number of fused-ring (bicyclic) bond motifs is 3. The summed E-state index contributed by atoms with van der Waals surface area (Å²) in [7, 11) is 3.21. The molecule has 0 saturated carbocycles. The fourth-order valence-electron chi connectivity index (χ4n) is 5.46. The van der Waals surface area contributed by atoms with Crippen molar-refractivity contribution in [2.24, 2.45) is 0 Å². The van der Waals surface area contributed by atoms with E-state index in [9.17, 15) is 4.79 Å². The van der Waals surface area contributed by atoms with Crippen LogP contribution in [0.4, 0.5) is 0 Å². The molecule has 7 nitrogen and oxygen atoms in total. The van der Waals surface area contributed by atoms with Gasteiger partial charge in [-0.1, -0.05) is 34.1 Å². The minimum Gasteiger partial charge on any atom is -0.493 e. The number of methoxy groups -OCH3 is 2. The van der Waals surface area contributed by atoms with E-state index in [4.69, 9.17) is 23.7 Å². The topological polar surface area (TPSA) is 75.7 Å². The summed E-state index contributed by atoms with van der Waals surface area (Å²) in [5, 5.41) is 5.67. The van der Waals surface area contributed by atoms with Crippen molar-refractivity contribution >= 4 is 50.9 Å². The molecule has 1 aliphatic rings. The second-order valence-corrected chi connectivity index (χ2v) is 11.3. The quantitative estimate of drug-likeness (QED) is 0.152. The van der Waals surface area contributed by atoms with Crippen LogP contribution in [-0.2, 0) is 0 Å². The molecular formula is C37H27BrN2O5. The van der Waals surface area contributed by atoms with Crippen LogP contribution in [0.15, 0.2) is 106 Å². The number of hydrogen-bond acceptors (Lipinski definition) is 6. The molecule has 0 fully saturated rings. The highest BCUT2D eigenvalue weighted by atomic mass is 79.9. The Morgan fingerprint density at radius 3 is 2.51 bits per heavy atom. The maximum atomic E-state index is 14.0. The van der Waals surface area contributed by atoms with Crippen LogP contribution in [-0.4, -0.2) is 36.4 Å². The Balaban J connectivity index is 1.39. The number of ether oxygens (including phenoxy) is 3. The van der Waals surface area contributed by atoms with Crippen molar-refractivity contribution in [1.82, 2.24) is 9.78 Å². The molecule has 6 aromatic rings. The lowest BCUT2D eigenvalue weighted by molar-refractivity contribution is 0.103.